The van der Waals surface area contributed by atoms with Gasteiger partial charge in [0.05, 0.1) is 16.7 Å². The molecule has 0 bridgehead atoms. The van der Waals surface area contributed by atoms with Crippen LogP contribution in [0.2, 0.25) is 15.1 Å². The van der Waals surface area contributed by atoms with Crippen molar-refractivity contribution in [1.82, 2.24) is 0 Å². The Balaban J connectivity index is 1.97. The number of carbonyl (C=O) groups is 2. The summed E-state index contributed by atoms with van der Waals surface area (Å²) in [6.45, 7) is 2.75. The number of hydrogen-bond acceptors (Lipinski definition) is 4. The molecule has 0 fully saturated rings. The van der Waals surface area contributed by atoms with E-state index >= 15 is 0 Å². The fourth-order valence-electron chi connectivity index (χ4n) is 3.18. The Bertz CT molecular complexity index is 641. The van der Waals surface area contributed by atoms with Gasteiger partial charge in [-0.1, -0.05) is 99.5 Å². The molecule has 0 aromatic heterocycles. The Kier molecular flexibility index (Phi) is 15.9. The number of benzene rings is 1. The van der Waals surface area contributed by atoms with Crippen LogP contribution in [0.5, 0.6) is 5.75 Å². The normalized spacial score (nSPS) is 10.8. The third kappa shape index (κ3) is 13.9. The van der Waals surface area contributed by atoms with Crippen molar-refractivity contribution in [3.05, 3.63) is 27.2 Å². The second kappa shape index (κ2) is 17.6. The summed E-state index contributed by atoms with van der Waals surface area (Å²) in [4.78, 5) is 23.7. The second-order valence-electron chi connectivity index (χ2n) is 7.78. The van der Waals surface area contributed by atoms with Crippen LogP contribution in [0.3, 0.4) is 0 Å². The molecule has 0 heterocycles. The predicted molar refractivity (Wildman–Crippen MR) is 128 cm³/mol. The second-order valence-corrected chi connectivity index (χ2v) is 9.03. The predicted octanol–water partition coefficient (Wildman–Crippen LogP) is 8.58. The highest BCUT2D eigenvalue weighted by atomic mass is 35.5. The fourth-order valence-corrected chi connectivity index (χ4v) is 4.07. The first-order valence-electron chi connectivity index (χ1n) is 11.4. The maximum atomic E-state index is 12.0. The van der Waals surface area contributed by atoms with Crippen molar-refractivity contribution >= 4 is 46.7 Å². The van der Waals surface area contributed by atoms with Gasteiger partial charge in [0.2, 0.25) is 0 Å². The first kappa shape index (κ1) is 28.1. The fraction of sp³-hybridized carbons (Fsp3) is 0.667. The zero-order valence-corrected chi connectivity index (χ0v) is 20.8. The van der Waals surface area contributed by atoms with Crippen molar-refractivity contribution in [2.24, 2.45) is 0 Å². The van der Waals surface area contributed by atoms with Gasteiger partial charge in [-0.25, -0.2) is 0 Å². The number of halogens is 3. The molecule has 4 nitrogen and oxygen atoms in total. The number of unbranched alkanes of at least 4 members (excludes halogenated alkanes) is 10. The molecule has 31 heavy (non-hydrogen) atoms. The van der Waals surface area contributed by atoms with Gasteiger partial charge in [0.15, 0.2) is 5.75 Å². The van der Waals surface area contributed by atoms with Crippen molar-refractivity contribution < 1.29 is 19.1 Å². The topological polar surface area (TPSA) is 52.6 Å². The van der Waals surface area contributed by atoms with Crippen LogP contribution in [0.15, 0.2) is 12.1 Å². The van der Waals surface area contributed by atoms with Crippen LogP contribution >= 0.6 is 34.8 Å². The molecular formula is C24H35Cl3O4. The standard InChI is InChI=1S/C24H35Cl3O4/c1-2-3-4-5-10-13-16-30-22(28)14-11-8-6-7-9-12-15-23(29)31-24-20(26)17-19(25)18-21(24)27/h17-18H,2-16H2,1H3. The van der Waals surface area contributed by atoms with E-state index in [1.54, 1.807) is 0 Å². The van der Waals surface area contributed by atoms with Gasteiger partial charge in [-0.2, -0.15) is 0 Å². The first-order chi connectivity index (χ1) is 14.9. The monoisotopic (exact) mass is 492 g/mol. The minimum atomic E-state index is -0.362. The van der Waals surface area contributed by atoms with Crippen LogP contribution in [-0.4, -0.2) is 18.5 Å². The Hall–Kier alpha value is -0.970. The Labute approximate surface area is 201 Å². The first-order valence-corrected chi connectivity index (χ1v) is 12.6. The molecule has 0 spiro atoms. The molecule has 0 amide bonds. The highest BCUT2D eigenvalue weighted by molar-refractivity contribution is 6.40. The lowest BCUT2D eigenvalue weighted by Crippen LogP contribution is -2.08. The van der Waals surface area contributed by atoms with Gasteiger partial charge < -0.3 is 9.47 Å². The van der Waals surface area contributed by atoms with Crippen molar-refractivity contribution in [2.75, 3.05) is 6.61 Å². The summed E-state index contributed by atoms with van der Waals surface area (Å²) in [6, 6.07) is 2.98. The molecule has 7 heteroatoms. The summed E-state index contributed by atoms with van der Waals surface area (Å²) in [5.74, 6) is -0.295. The zero-order chi connectivity index (χ0) is 22.9. The van der Waals surface area contributed by atoms with Gasteiger partial charge in [0.1, 0.15) is 0 Å². The van der Waals surface area contributed by atoms with E-state index in [9.17, 15) is 9.59 Å². The average Bonchev–Trinajstić information content (AvgIpc) is 2.72. The Morgan fingerprint density at radius 2 is 1.19 bits per heavy atom. The van der Waals surface area contributed by atoms with Crippen LogP contribution in [0.25, 0.3) is 0 Å². The molecule has 0 saturated carbocycles. The van der Waals surface area contributed by atoms with Gasteiger partial charge in [-0.3, -0.25) is 9.59 Å². The molecule has 176 valence electrons. The van der Waals surface area contributed by atoms with Crippen LogP contribution in [-0.2, 0) is 14.3 Å². The maximum absolute atomic E-state index is 12.0. The lowest BCUT2D eigenvalue weighted by molar-refractivity contribution is -0.144. The quantitative estimate of drug-likeness (QED) is 0.124. The van der Waals surface area contributed by atoms with E-state index < -0.39 is 0 Å². The molecule has 1 rings (SSSR count). The van der Waals surface area contributed by atoms with E-state index in [2.05, 4.69) is 6.92 Å². The van der Waals surface area contributed by atoms with Gasteiger partial charge in [0.25, 0.3) is 0 Å². The molecule has 0 radical (unpaired) electrons. The van der Waals surface area contributed by atoms with Gasteiger partial charge >= 0.3 is 11.9 Å². The van der Waals surface area contributed by atoms with Crippen molar-refractivity contribution in [3.8, 4) is 5.75 Å². The molecule has 0 aliphatic rings. The minimum absolute atomic E-state index is 0.0872. The van der Waals surface area contributed by atoms with E-state index in [0.29, 0.717) is 24.5 Å². The molecule has 0 saturated heterocycles. The average molecular weight is 494 g/mol. The van der Waals surface area contributed by atoms with E-state index in [0.717, 1.165) is 51.4 Å². The molecule has 0 N–H and O–H groups in total. The number of hydrogen-bond donors (Lipinski definition) is 0. The van der Waals surface area contributed by atoms with E-state index in [1.165, 1.54) is 37.8 Å². The van der Waals surface area contributed by atoms with Crippen molar-refractivity contribution in [1.29, 1.82) is 0 Å². The molecule has 0 aliphatic heterocycles. The Morgan fingerprint density at radius 1 is 0.710 bits per heavy atom. The van der Waals surface area contributed by atoms with E-state index in [4.69, 9.17) is 44.3 Å². The Morgan fingerprint density at radius 3 is 1.77 bits per heavy atom. The molecular weight excluding hydrogens is 459 g/mol. The van der Waals surface area contributed by atoms with Crippen LogP contribution < -0.4 is 4.74 Å². The molecule has 0 aliphatic carbocycles. The SMILES string of the molecule is CCCCCCCCOC(=O)CCCCCCCCC(=O)Oc1c(Cl)cc(Cl)cc1Cl. The summed E-state index contributed by atoms with van der Waals surface area (Å²) in [7, 11) is 0. The van der Waals surface area contributed by atoms with Gasteiger partial charge in [0, 0.05) is 17.9 Å². The lowest BCUT2D eigenvalue weighted by Gasteiger charge is -2.08. The van der Waals surface area contributed by atoms with E-state index in [-0.39, 0.29) is 27.7 Å². The highest BCUT2D eigenvalue weighted by Crippen LogP contribution is 2.36. The summed E-state index contributed by atoms with van der Waals surface area (Å²) in [5, 5.41) is 0.827. The lowest BCUT2D eigenvalue weighted by atomic mass is 10.1. The van der Waals surface area contributed by atoms with Crippen LogP contribution in [0, 0.1) is 0 Å². The number of carbonyl (C=O) groups excluding carboxylic acids is 2. The van der Waals surface area contributed by atoms with E-state index in [1.807, 2.05) is 0 Å². The largest absolute Gasteiger partial charge is 0.466 e. The van der Waals surface area contributed by atoms with Gasteiger partial charge in [-0.15, -0.1) is 0 Å². The molecule has 1 aromatic carbocycles. The summed E-state index contributed by atoms with van der Waals surface area (Å²) >= 11 is 17.9. The smallest absolute Gasteiger partial charge is 0.311 e. The number of rotatable bonds is 17. The number of ether oxygens (including phenoxy) is 2. The van der Waals surface area contributed by atoms with Crippen LogP contribution in [0.1, 0.15) is 96.8 Å². The molecule has 0 atom stereocenters. The molecule has 0 unspecified atom stereocenters. The third-order valence-electron chi connectivity index (χ3n) is 4.95. The van der Waals surface area contributed by atoms with Crippen molar-refractivity contribution in [2.45, 2.75) is 96.8 Å². The minimum Gasteiger partial charge on any atom is -0.466 e. The summed E-state index contributed by atoms with van der Waals surface area (Å²) in [6.07, 6.45) is 13.5. The van der Waals surface area contributed by atoms with Crippen molar-refractivity contribution in [3.63, 3.8) is 0 Å². The maximum Gasteiger partial charge on any atom is 0.311 e. The highest BCUT2D eigenvalue weighted by Gasteiger charge is 2.13. The third-order valence-corrected chi connectivity index (χ3v) is 5.73. The summed E-state index contributed by atoms with van der Waals surface area (Å²) < 4.78 is 10.5. The molecule has 1 aromatic rings. The zero-order valence-electron chi connectivity index (χ0n) is 18.5. The number of esters is 2. The van der Waals surface area contributed by atoms with Crippen LogP contribution in [0.4, 0.5) is 0 Å². The summed E-state index contributed by atoms with van der Waals surface area (Å²) in [5.41, 5.74) is 0. The van der Waals surface area contributed by atoms with Gasteiger partial charge in [-0.05, 0) is 31.4 Å².